The van der Waals surface area contributed by atoms with Crippen LogP contribution in [0.15, 0.2) is 54.6 Å². The zero-order chi connectivity index (χ0) is 18.7. The number of amides is 2. The number of rotatable bonds is 4. The van der Waals surface area contributed by atoms with Crippen LogP contribution in [-0.2, 0) is 0 Å². The van der Waals surface area contributed by atoms with Gasteiger partial charge >= 0.3 is 0 Å². The van der Waals surface area contributed by atoms with Gasteiger partial charge in [0.05, 0.1) is 0 Å². The maximum atomic E-state index is 12.9. The van der Waals surface area contributed by atoms with Crippen molar-refractivity contribution in [1.29, 1.82) is 0 Å². The van der Waals surface area contributed by atoms with Crippen LogP contribution in [0.25, 0.3) is 0 Å². The SMILES string of the molecule is CN(C)C(=O)c1ccc(C(=O)N2C[C@@H](CN)[C@H](c3ccccc3)C2)cc1.Cl. The van der Waals surface area contributed by atoms with Crippen molar-refractivity contribution in [3.05, 3.63) is 71.3 Å². The third kappa shape index (κ3) is 4.49. The first-order valence-electron chi connectivity index (χ1n) is 8.87. The van der Waals surface area contributed by atoms with Crippen molar-refractivity contribution in [3.63, 3.8) is 0 Å². The summed E-state index contributed by atoms with van der Waals surface area (Å²) in [5.41, 5.74) is 8.37. The topological polar surface area (TPSA) is 66.6 Å². The summed E-state index contributed by atoms with van der Waals surface area (Å²) in [5.74, 6) is 0.443. The molecule has 0 spiro atoms. The second-order valence-corrected chi connectivity index (χ2v) is 7.00. The molecule has 1 heterocycles. The number of nitrogens with two attached hydrogens (primary N) is 1. The summed E-state index contributed by atoms with van der Waals surface area (Å²) < 4.78 is 0. The van der Waals surface area contributed by atoms with Crippen molar-refractivity contribution in [3.8, 4) is 0 Å². The summed E-state index contributed by atoms with van der Waals surface area (Å²) in [6, 6.07) is 17.1. The molecule has 2 amide bonds. The van der Waals surface area contributed by atoms with E-state index in [0.29, 0.717) is 30.8 Å². The highest BCUT2D eigenvalue weighted by Crippen LogP contribution is 2.32. The predicted molar refractivity (Wildman–Crippen MR) is 109 cm³/mol. The summed E-state index contributed by atoms with van der Waals surface area (Å²) in [5, 5.41) is 0. The van der Waals surface area contributed by atoms with Crippen molar-refractivity contribution in [2.45, 2.75) is 5.92 Å². The van der Waals surface area contributed by atoms with Crippen LogP contribution in [-0.4, -0.2) is 55.3 Å². The number of halogens is 1. The Labute approximate surface area is 166 Å². The van der Waals surface area contributed by atoms with Gasteiger partial charge in [-0.15, -0.1) is 12.4 Å². The van der Waals surface area contributed by atoms with E-state index < -0.39 is 0 Å². The Balaban J connectivity index is 0.00000261. The largest absolute Gasteiger partial charge is 0.345 e. The van der Waals surface area contributed by atoms with E-state index in [1.165, 1.54) is 10.5 Å². The minimum Gasteiger partial charge on any atom is -0.345 e. The molecule has 2 aromatic carbocycles. The number of hydrogen-bond acceptors (Lipinski definition) is 3. The van der Waals surface area contributed by atoms with Crippen molar-refractivity contribution in [2.75, 3.05) is 33.7 Å². The number of carbonyl (C=O) groups is 2. The van der Waals surface area contributed by atoms with E-state index in [1.54, 1.807) is 38.4 Å². The van der Waals surface area contributed by atoms with Crippen LogP contribution in [0.5, 0.6) is 0 Å². The number of likely N-dealkylation sites (tertiary alicyclic amines) is 1. The summed E-state index contributed by atoms with van der Waals surface area (Å²) in [4.78, 5) is 28.3. The number of carbonyl (C=O) groups excluding carboxylic acids is 2. The molecule has 1 aliphatic heterocycles. The maximum Gasteiger partial charge on any atom is 0.253 e. The van der Waals surface area contributed by atoms with Crippen LogP contribution in [0, 0.1) is 5.92 Å². The average Bonchev–Trinajstić information content (AvgIpc) is 3.12. The molecule has 6 heteroatoms. The van der Waals surface area contributed by atoms with Crippen LogP contribution in [0.2, 0.25) is 0 Å². The molecule has 2 N–H and O–H groups in total. The van der Waals surface area contributed by atoms with Gasteiger partial charge in [-0.2, -0.15) is 0 Å². The molecule has 2 aromatic rings. The van der Waals surface area contributed by atoms with Crippen molar-refractivity contribution < 1.29 is 9.59 Å². The fraction of sp³-hybridized carbons (Fsp3) is 0.333. The van der Waals surface area contributed by atoms with Gasteiger partial charge in [-0.25, -0.2) is 0 Å². The van der Waals surface area contributed by atoms with Gasteiger partial charge in [0.1, 0.15) is 0 Å². The van der Waals surface area contributed by atoms with Crippen LogP contribution < -0.4 is 5.73 Å². The molecule has 0 bridgehead atoms. The third-order valence-electron chi connectivity index (χ3n) is 5.04. The van der Waals surface area contributed by atoms with Gasteiger partial charge in [0.15, 0.2) is 0 Å². The highest BCUT2D eigenvalue weighted by molar-refractivity contribution is 5.97. The van der Waals surface area contributed by atoms with E-state index >= 15 is 0 Å². The Morgan fingerprint density at radius 2 is 1.59 bits per heavy atom. The van der Waals surface area contributed by atoms with Gasteiger partial charge in [0.2, 0.25) is 0 Å². The Morgan fingerprint density at radius 3 is 2.15 bits per heavy atom. The quantitative estimate of drug-likeness (QED) is 0.876. The Kier molecular flexibility index (Phi) is 6.99. The van der Waals surface area contributed by atoms with Crippen LogP contribution in [0.1, 0.15) is 32.2 Å². The lowest BCUT2D eigenvalue weighted by Gasteiger charge is -2.17. The molecule has 0 unspecified atom stereocenters. The zero-order valence-electron chi connectivity index (χ0n) is 15.7. The third-order valence-corrected chi connectivity index (χ3v) is 5.04. The highest BCUT2D eigenvalue weighted by Gasteiger charge is 2.35. The molecule has 3 rings (SSSR count). The van der Waals surface area contributed by atoms with E-state index in [4.69, 9.17) is 5.73 Å². The van der Waals surface area contributed by atoms with Crippen LogP contribution in [0.4, 0.5) is 0 Å². The molecular formula is C21H26ClN3O2. The molecule has 144 valence electrons. The average molecular weight is 388 g/mol. The van der Waals surface area contributed by atoms with E-state index in [-0.39, 0.29) is 36.1 Å². The first kappa shape index (κ1) is 20.9. The fourth-order valence-electron chi connectivity index (χ4n) is 3.55. The highest BCUT2D eigenvalue weighted by atomic mass is 35.5. The first-order valence-corrected chi connectivity index (χ1v) is 8.87. The molecule has 1 fully saturated rings. The molecule has 2 atom stereocenters. The smallest absolute Gasteiger partial charge is 0.253 e. The summed E-state index contributed by atoms with van der Waals surface area (Å²) in [6.07, 6.45) is 0. The second kappa shape index (κ2) is 9.02. The molecular weight excluding hydrogens is 362 g/mol. The Morgan fingerprint density at radius 1 is 1.00 bits per heavy atom. The van der Waals surface area contributed by atoms with Gasteiger partial charge in [-0.1, -0.05) is 30.3 Å². The lowest BCUT2D eigenvalue weighted by atomic mass is 9.89. The Bertz CT molecular complexity index is 778. The summed E-state index contributed by atoms with van der Waals surface area (Å²) in [6.45, 7) is 1.88. The number of benzene rings is 2. The first-order chi connectivity index (χ1) is 12.5. The van der Waals surface area contributed by atoms with Gasteiger partial charge in [-0.05, 0) is 42.3 Å². The normalized spacial score (nSPS) is 18.7. The minimum absolute atomic E-state index is 0. The molecule has 27 heavy (non-hydrogen) atoms. The Hall–Kier alpha value is -2.37. The summed E-state index contributed by atoms with van der Waals surface area (Å²) >= 11 is 0. The second-order valence-electron chi connectivity index (χ2n) is 7.00. The van der Waals surface area contributed by atoms with Crippen molar-refractivity contribution >= 4 is 24.2 Å². The minimum atomic E-state index is -0.0718. The van der Waals surface area contributed by atoms with Gasteiger partial charge in [-0.3, -0.25) is 9.59 Å². The van der Waals surface area contributed by atoms with E-state index in [1.807, 2.05) is 23.1 Å². The summed E-state index contributed by atoms with van der Waals surface area (Å²) in [7, 11) is 3.42. The fourth-order valence-corrected chi connectivity index (χ4v) is 3.55. The zero-order valence-corrected chi connectivity index (χ0v) is 16.5. The molecule has 0 aliphatic carbocycles. The predicted octanol–water partition coefficient (Wildman–Crippen LogP) is 2.62. The van der Waals surface area contributed by atoms with E-state index in [2.05, 4.69) is 12.1 Å². The molecule has 5 nitrogen and oxygen atoms in total. The number of nitrogens with zero attached hydrogens (tertiary/aromatic N) is 2. The van der Waals surface area contributed by atoms with Crippen LogP contribution in [0.3, 0.4) is 0 Å². The van der Waals surface area contributed by atoms with E-state index in [0.717, 1.165) is 0 Å². The monoisotopic (exact) mass is 387 g/mol. The van der Waals surface area contributed by atoms with Gasteiger partial charge < -0.3 is 15.5 Å². The lowest BCUT2D eigenvalue weighted by Crippen LogP contribution is -2.30. The van der Waals surface area contributed by atoms with Crippen molar-refractivity contribution in [2.24, 2.45) is 11.7 Å². The lowest BCUT2D eigenvalue weighted by molar-refractivity contribution is 0.0783. The standard InChI is InChI=1S/C21H25N3O2.ClH/c1-23(2)20(25)16-8-10-17(11-9-16)21(26)24-13-18(12-22)19(14-24)15-6-4-3-5-7-15;/h3-11,18-19H,12-14,22H2,1-2H3;1H/t18-,19+;/m1./s1. The maximum absolute atomic E-state index is 12.9. The number of hydrogen-bond donors (Lipinski definition) is 1. The molecule has 1 aliphatic rings. The van der Waals surface area contributed by atoms with Gasteiger partial charge in [0, 0.05) is 44.2 Å². The molecule has 0 aromatic heterocycles. The molecule has 1 saturated heterocycles. The molecule has 0 saturated carbocycles. The molecule has 0 radical (unpaired) electrons. The van der Waals surface area contributed by atoms with Crippen molar-refractivity contribution in [1.82, 2.24) is 9.80 Å². The van der Waals surface area contributed by atoms with E-state index in [9.17, 15) is 9.59 Å². The van der Waals surface area contributed by atoms with Gasteiger partial charge in [0.25, 0.3) is 11.8 Å². The van der Waals surface area contributed by atoms with Crippen LogP contribution >= 0.6 is 12.4 Å².